The maximum Gasteiger partial charge on any atom is 0.246 e. The molecule has 4 rings (SSSR count). The highest BCUT2D eigenvalue weighted by atomic mass is 16.5. The number of carbonyl (C=O) groups excluding carboxylic acids is 3. The lowest BCUT2D eigenvalue weighted by Gasteiger charge is -2.37. The molecule has 1 aromatic rings. The number of aliphatic hydroxyl groups excluding tert-OH is 1. The average Bonchev–Trinajstić information content (AvgIpc) is 3.42. The number of fused-ring (bicyclic) bond motifs is 1. The van der Waals surface area contributed by atoms with Gasteiger partial charge in [-0.25, -0.2) is 0 Å². The van der Waals surface area contributed by atoms with Gasteiger partial charge in [-0.05, 0) is 45.1 Å². The van der Waals surface area contributed by atoms with Gasteiger partial charge < -0.3 is 25.4 Å². The molecule has 3 N–H and O–H groups in total. The number of likely N-dealkylation sites (tertiary alicyclic amines) is 1. The number of hydrogen-bond donors (Lipinski definition) is 3. The highest BCUT2D eigenvalue weighted by Gasteiger charge is 2.79. The Kier molecular flexibility index (Phi) is 6.75. The van der Waals surface area contributed by atoms with Crippen LogP contribution in [0.3, 0.4) is 0 Å². The zero-order chi connectivity index (χ0) is 24.7. The van der Waals surface area contributed by atoms with Crippen molar-refractivity contribution in [1.29, 1.82) is 0 Å². The first-order valence-electron chi connectivity index (χ1n) is 12.5. The summed E-state index contributed by atoms with van der Waals surface area (Å²) in [6.45, 7) is 7.89. The minimum Gasteiger partial charge on any atom is -0.394 e. The zero-order valence-electron chi connectivity index (χ0n) is 20.5. The van der Waals surface area contributed by atoms with Crippen LogP contribution >= 0.6 is 0 Å². The van der Waals surface area contributed by atoms with Gasteiger partial charge in [-0.3, -0.25) is 14.4 Å². The summed E-state index contributed by atoms with van der Waals surface area (Å²) >= 11 is 0. The fourth-order valence-corrected chi connectivity index (χ4v) is 6.44. The van der Waals surface area contributed by atoms with E-state index < -0.39 is 35.1 Å². The molecule has 0 radical (unpaired) electrons. The molecule has 3 aliphatic heterocycles. The molecule has 3 heterocycles. The van der Waals surface area contributed by atoms with E-state index in [9.17, 15) is 19.5 Å². The predicted molar refractivity (Wildman–Crippen MR) is 127 cm³/mol. The van der Waals surface area contributed by atoms with E-state index in [1.54, 1.807) is 0 Å². The zero-order valence-corrected chi connectivity index (χ0v) is 20.5. The lowest BCUT2D eigenvalue weighted by atomic mass is 9.65. The van der Waals surface area contributed by atoms with Gasteiger partial charge in [0.05, 0.1) is 30.1 Å². The van der Waals surface area contributed by atoms with Crippen molar-refractivity contribution in [2.45, 2.75) is 82.7 Å². The summed E-state index contributed by atoms with van der Waals surface area (Å²) in [5, 5.41) is 16.4. The van der Waals surface area contributed by atoms with Crippen LogP contribution in [0.2, 0.25) is 0 Å². The van der Waals surface area contributed by atoms with Crippen molar-refractivity contribution in [2.24, 2.45) is 11.8 Å². The van der Waals surface area contributed by atoms with Gasteiger partial charge in [-0.2, -0.15) is 0 Å². The van der Waals surface area contributed by atoms with Crippen molar-refractivity contribution < 1.29 is 24.2 Å². The average molecular weight is 472 g/mol. The third kappa shape index (κ3) is 3.62. The molecule has 2 unspecified atom stereocenters. The minimum absolute atomic E-state index is 0.133. The van der Waals surface area contributed by atoms with Gasteiger partial charge >= 0.3 is 0 Å². The van der Waals surface area contributed by atoms with Crippen molar-refractivity contribution in [2.75, 3.05) is 13.2 Å². The Morgan fingerprint density at radius 1 is 1.18 bits per heavy atom. The van der Waals surface area contributed by atoms with Crippen LogP contribution in [0.1, 0.15) is 65.0 Å². The number of aliphatic hydroxyl groups is 1. The second kappa shape index (κ2) is 9.30. The number of nitrogens with zero attached hydrogens (tertiary/aromatic N) is 1. The van der Waals surface area contributed by atoms with Crippen LogP contribution in [0.15, 0.2) is 30.3 Å². The van der Waals surface area contributed by atoms with Crippen LogP contribution in [-0.4, -0.2) is 64.2 Å². The van der Waals surface area contributed by atoms with Crippen molar-refractivity contribution in [3.8, 4) is 0 Å². The van der Waals surface area contributed by atoms with Crippen LogP contribution in [0.5, 0.6) is 0 Å². The maximum absolute atomic E-state index is 14.2. The molecule has 3 amide bonds. The van der Waals surface area contributed by atoms with E-state index in [0.717, 1.165) is 12.0 Å². The fraction of sp³-hybridized carbons (Fsp3) is 0.654. The third-order valence-electron chi connectivity index (χ3n) is 7.82. The Morgan fingerprint density at radius 3 is 2.47 bits per heavy atom. The van der Waals surface area contributed by atoms with E-state index in [-0.39, 0.29) is 30.4 Å². The SMILES string of the molecule is CCCNC(=O)[C@@H]1[C@H]2C(=O)N([C@H](CO)c3ccccc3)C(C(=O)NC(C)C)C23CC[C@@]1(CC)O3. The fourth-order valence-electron chi connectivity index (χ4n) is 6.44. The Morgan fingerprint density at radius 2 is 1.88 bits per heavy atom. The first kappa shape index (κ1) is 24.7. The first-order valence-corrected chi connectivity index (χ1v) is 12.5. The molecule has 3 fully saturated rings. The van der Waals surface area contributed by atoms with Gasteiger partial charge in [0.2, 0.25) is 17.7 Å². The number of nitrogens with one attached hydrogen (secondary N) is 2. The van der Waals surface area contributed by atoms with E-state index in [2.05, 4.69) is 10.6 Å². The highest BCUT2D eigenvalue weighted by molar-refractivity contribution is 5.99. The van der Waals surface area contributed by atoms with Crippen LogP contribution in [0, 0.1) is 11.8 Å². The largest absolute Gasteiger partial charge is 0.394 e. The molecular formula is C26H37N3O5. The molecule has 186 valence electrons. The Labute approximate surface area is 201 Å². The number of carbonyl (C=O) groups is 3. The number of hydrogen-bond acceptors (Lipinski definition) is 5. The Hall–Kier alpha value is -2.45. The summed E-state index contributed by atoms with van der Waals surface area (Å²) in [7, 11) is 0. The Bertz CT molecular complexity index is 938. The molecule has 1 aromatic carbocycles. The summed E-state index contributed by atoms with van der Waals surface area (Å²) in [5.41, 5.74) is -1.12. The molecule has 6 atom stereocenters. The summed E-state index contributed by atoms with van der Waals surface area (Å²) in [5.74, 6) is -2.22. The summed E-state index contributed by atoms with van der Waals surface area (Å²) in [6.07, 6.45) is 2.51. The van der Waals surface area contributed by atoms with Gasteiger partial charge in [-0.1, -0.05) is 44.2 Å². The highest BCUT2D eigenvalue weighted by Crippen LogP contribution is 2.65. The quantitative estimate of drug-likeness (QED) is 0.510. The molecule has 34 heavy (non-hydrogen) atoms. The summed E-state index contributed by atoms with van der Waals surface area (Å²) in [6, 6.07) is 7.46. The van der Waals surface area contributed by atoms with E-state index in [1.807, 2.05) is 58.0 Å². The molecular weight excluding hydrogens is 434 g/mol. The van der Waals surface area contributed by atoms with Crippen molar-refractivity contribution in [3.63, 3.8) is 0 Å². The first-order chi connectivity index (χ1) is 16.3. The van der Waals surface area contributed by atoms with Crippen LogP contribution in [0.4, 0.5) is 0 Å². The van der Waals surface area contributed by atoms with E-state index in [0.29, 0.717) is 25.8 Å². The topological polar surface area (TPSA) is 108 Å². The third-order valence-corrected chi connectivity index (χ3v) is 7.82. The van der Waals surface area contributed by atoms with Crippen molar-refractivity contribution in [1.82, 2.24) is 15.5 Å². The number of ether oxygens (including phenoxy) is 1. The van der Waals surface area contributed by atoms with Crippen LogP contribution < -0.4 is 10.6 Å². The Balaban J connectivity index is 1.83. The molecule has 8 nitrogen and oxygen atoms in total. The summed E-state index contributed by atoms with van der Waals surface area (Å²) in [4.78, 5) is 42.7. The second-order valence-corrected chi connectivity index (χ2v) is 10.1. The van der Waals surface area contributed by atoms with Crippen LogP contribution in [0.25, 0.3) is 0 Å². The van der Waals surface area contributed by atoms with E-state index in [4.69, 9.17) is 4.74 Å². The molecule has 1 spiro atoms. The molecule has 0 saturated carbocycles. The number of rotatable bonds is 9. The lowest BCUT2D eigenvalue weighted by Crippen LogP contribution is -2.57. The number of benzene rings is 1. The smallest absolute Gasteiger partial charge is 0.246 e. The van der Waals surface area contributed by atoms with E-state index in [1.165, 1.54) is 4.90 Å². The predicted octanol–water partition coefficient (Wildman–Crippen LogP) is 1.93. The lowest BCUT2D eigenvalue weighted by molar-refractivity contribution is -0.151. The normalized spacial score (nSPS) is 32.7. The van der Waals surface area contributed by atoms with Gasteiger partial charge in [0.15, 0.2) is 0 Å². The molecule has 3 aliphatic rings. The van der Waals surface area contributed by atoms with Crippen molar-refractivity contribution >= 4 is 17.7 Å². The van der Waals surface area contributed by atoms with Crippen molar-refractivity contribution in [3.05, 3.63) is 35.9 Å². The maximum atomic E-state index is 14.2. The van der Waals surface area contributed by atoms with Gasteiger partial charge in [0.1, 0.15) is 11.6 Å². The summed E-state index contributed by atoms with van der Waals surface area (Å²) < 4.78 is 6.72. The number of amides is 3. The van der Waals surface area contributed by atoms with Gasteiger partial charge in [-0.15, -0.1) is 0 Å². The second-order valence-electron chi connectivity index (χ2n) is 10.1. The van der Waals surface area contributed by atoms with E-state index >= 15 is 0 Å². The molecule has 0 aromatic heterocycles. The minimum atomic E-state index is -1.09. The molecule has 8 heteroatoms. The standard InChI is InChI=1S/C26H37N3O5/c1-5-14-27-22(31)19-20-24(33)29(18(15-30)17-10-8-7-9-11-17)21(23(32)28-16(3)4)26(20)13-12-25(19,6-2)34-26/h7-11,16,18-21,30H,5-6,12-15H2,1-4H3,(H,27,31)(H,28,32)/t18-,19+,20+,21?,25-,26?/m1/s1. The molecule has 2 bridgehead atoms. The monoisotopic (exact) mass is 471 g/mol. The molecule has 0 aliphatic carbocycles. The van der Waals surface area contributed by atoms with Gasteiger partial charge in [0.25, 0.3) is 0 Å². The van der Waals surface area contributed by atoms with Gasteiger partial charge in [0, 0.05) is 12.6 Å². The van der Waals surface area contributed by atoms with Crippen LogP contribution in [-0.2, 0) is 19.1 Å². The molecule has 3 saturated heterocycles.